The second kappa shape index (κ2) is 14.4. The third kappa shape index (κ3) is 6.90. The summed E-state index contributed by atoms with van der Waals surface area (Å²) in [5.74, 6) is -2.34. The van der Waals surface area contributed by atoms with Crippen molar-refractivity contribution in [2.75, 3.05) is 33.3 Å². The minimum Gasteiger partial charge on any atom is -0.468 e. The average Bonchev–Trinajstić information content (AvgIpc) is 3.07. The molecule has 46 heavy (non-hydrogen) atoms. The normalized spacial score (nSPS) is 19.7. The van der Waals surface area contributed by atoms with Crippen LogP contribution in [0.25, 0.3) is 0 Å². The molecule has 2 atom stereocenters. The first kappa shape index (κ1) is 33.0. The highest BCUT2D eigenvalue weighted by Gasteiger charge is 2.42. The zero-order chi connectivity index (χ0) is 32.8. The number of carbonyl (C=O) groups excluding carboxylic acids is 2. The van der Waals surface area contributed by atoms with Crippen molar-refractivity contribution < 1.29 is 19.2 Å². The van der Waals surface area contributed by atoms with Gasteiger partial charge in [-0.15, -0.1) is 0 Å². The highest BCUT2D eigenvalue weighted by Crippen LogP contribution is 2.42. The molecule has 5 rings (SSSR count). The van der Waals surface area contributed by atoms with E-state index in [-0.39, 0.29) is 17.0 Å². The summed E-state index contributed by atoms with van der Waals surface area (Å²) < 4.78 is 5.09. The van der Waals surface area contributed by atoms with Gasteiger partial charge in [-0.2, -0.15) is 0 Å². The lowest BCUT2D eigenvalue weighted by Gasteiger charge is -2.43. The number of nitro benzene ring substituents is 1. The average molecular weight is 643 g/mol. The molecule has 2 heterocycles. The molecule has 0 spiro atoms. The van der Waals surface area contributed by atoms with Crippen molar-refractivity contribution in [3.63, 3.8) is 0 Å². The molecule has 0 bridgehead atoms. The van der Waals surface area contributed by atoms with E-state index in [0.717, 1.165) is 43.9 Å². The van der Waals surface area contributed by atoms with Gasteiger partial charge in [-0.1, -0.05) is 66.2 Å². The number of nitrogens with zero attached hydrogens (tertiary/aromatic N) is 3. The van der Waals surface area contributed by atoms with Gasteiger partial charge in [0.2, 0.25) is 5.91 Å². The number of hydrogen-bond donors (Lipinski definition) is 1. The monoisotopic (exact) mass is 642 g/mol. The topological polar surface area (TPSA) is 114 Å². The van der Waals surface area contributed by atoms with E-state index in [9.17, 15) is 19.7 Å². The third-order valence-corrected chi connectivity index (χ3v) is 9.61. The number of halogens is 1. The number of methoxy groups -OCH3 is 1. The second-order valence-corrected chi connectivity index (χ2v) is 12.4. The van der Waals surface area contributed by atoms with Crippen LogP contribution in [0.15, 0.2) is 95.1 Å². The first-order valence-electron chi connectivity index (χ1n) is 15.5. The molecule has 1 saturated heterocycles. The number of allylic oxidation sites excluding steroid dienone is 1. The minimum atomic E-state index is -0.824. The molecule has 0 radical (unpaired) electrons. The smallest absolute Gasteiger partial charge is 0.315 e. The van der Waals surface area contributed by atoms with E-state index in [1.165, 1.54) is 30.4 Å². The lowest BCUT2D eigenvalue weighted by atomic mass is 9.68. The standard InChI is InChI=1S/C36H39ClN4O5/c1-24-31(33(32(25(2)39-24)35(43)46-3)26-10-16-30(17-11-26)41(44)45)34(42)38-20-7-21-40-22-18-36(19-23-40,27-8-5-4-6-9-27)28-12-14-29(37)15-13-28/h4-6,8-17,32-33H,7,18-23H2,1-3H3,(H,38,42). The molecule has 2 aliphatic rings. The largest absolute Gasteiger partial charge is 0.468 e. The highest BCUT2D eigenvalue weighted by molar-refractivity contribution is 6.30. The van der Waals surface area contributed by atoms with Crippen molar-refractivity contribution in [2.45, 2.75) is 44.4 Å². The lowest BCUT2D eigenvalue weighted by molar-refractivity contribution is -0.384. The van der Waals surface area contributed by atoms with Gasteiger partial charge in [0.1, 0.15) is 5.92 Å². The van der Waals surface area contributed by atoms with Gasteiger partial charge in [0, 0.05) is 52.0 Å². The minimum absolute atomic E-state index is 0.0712. The Morgan fingerprint density at radius 1 is 1.00 bits per heavy atom. The van der Waals surface area contributed by atoms with Crippen molar-refractivity contribution in [3.8, 4) is 0 Å². The van der Waals surface area contributed by atoms with Crippen LogP contribution in [0.3, 0.4) is 0 Å². The predicted octanol–water partition coefficient (Wildman–Crippen LogP) is 6.46. The zero-order valence-corrected chi connectivity index (χ0v) is 27.1. The molecule has 10 heteroatoms. The predicted molar refractivity (Wildman–Crippen MR) is 179 cm³/mol. The molecule has 2 aliphatic heterocycles. The van der Waals surface area contributed by atoms with Gasteiger partial charge in [-0.25, -0.2) is 0 Å². The maximum atomic E-state index is 13.7. The van der Waals surface area contributed by atoms with E-state index in [1.807, 2.05) is 18.2 Å². The molecule has 9 nitrogen and oxygen atoms in total. The number of nitrogens with one attached hydrogen (secondary N) is 1. The number of benzene rings is 3. The highest BCUT2D eigenvalue weighted by atomic mass is 35.5. The molecule has 0 aromatic heterocycles. The Balaban J connectivity index is 1.24. The fourth-order valence-electron chi connectivity index (χ4n) is 6.96. The number of carbonyl (C=O) groups is 2. The van der Waals surface area contributed by atoms with E-state index >= 15 is 0 Å². The maximum Gasteiger partial charge on any atom is 0.315 e. The van der Waals surface area contributed by atoms with Crippen molar-refractivity contribution in [2.24, 2.45) is 10.9 Å². The summed E-state index contributed by atoms with van der Waals surface area (Å²) in [6, 6.07) is 24.8. The summed E-state index contributed by atoms with van der Waals surface area (Å²) in [5.41, 5.74) is 4.44. The molecule has 3 aromatic carbocycles. The molecular formula is C36H39ClN4O5. The fraction of sp³-hybridized carbons (Fsp3) is 0.361. The molecule has 0 saturated carbocycles. The first-order valence-corrected chi connectivity index (χ1v) is 15.9. The van der Waals surface area contributed by atoms with Crippen LogP contribution < -0.4 is 5.32 Å². The van der Waals surface area contributed by atoms with Gasteiger partial charge in [0.25, 0.3) is 5.69 Å². The number of rotatable bonds is 10. The molecule has 1 fully saturated rings. The number of piperidine rings is 1. The van der Waals surface area contributed by atoms with Crippen LogP contribution in [0.1, 0.15) is 55.7 Å². The first-order chi connectivity index (χ1) is 22.1. The van der Waals surface area contributed by atoms with Crippen LogP contribution in [-0.4, -0.2) is 60.7 Å². The van der Waals surface area contributed by atoms with E-state index in [2.05, 4.69) is 51.6 Å². The SMILES string of the molecule is COC(=O)C1C(C)=NC(C)=C(C(=O)NCCCN2CCC(c3ccccc3)(c3ccc(Cl)cc3)CC2)C1c1ccc([N+](=O)[O-])cc1. The summed E-state index contributed by atoms with van der Waals surface area (Å²) >= 11 is 6.21. The number of esters is 1. The van der Waals surface area contributed by atoms with Gasteiger partial charge < -0.3 is 15.0 Å². The third-order valence-electron chi connectivity index (χ3n) is 9.36. The van der Waals surface area contributed by atoms with E-state index in [4.69, 9.17) is 16.3 Å². The van der Waals surface area contributed by atoms with Crippen LogP contribution in [0.4, 0.5) is 5.69 Å². The summed E-state index contributed by atoms with van der Waals surface area (Å²) in [7, 11) is 1.30. The second-order valence-electron chi connectivity index (χ2n) is 12.0. The molecule has 3 aromatic rings. The van der Waals surface area contributed by atoms with Gasteiger partial charge in [-0.05, 0) is 81.6 Å². The van der Waals surface area contributed by atoms with Crippen molar-refractivity contribution >= 4 is 34.9 Å². The molecule has 0 aliphatic carbocycles. The molecule has 1 N–H and O–H groups in total. The van der Waals surface area contributed by atoms with Gasteiger partial charge in [0.05, 0.1) is 12.0 Å². The van der Waals surface area contributed by atoms with E-state index in [1.54, 1.807) is 26.0 Å². The lowest BCUT2D eigenvalue weighted by Crippen LogP contribution is -2.44. The summed E-state index contributed by atoms with van der Waals surface area (Å²) in [6.07, 6.45) is 2.70. The van der Waals surface area contributed by atoms with Crippen LogP contribution >= 0.6 is 11.6 Å². The van der Waals surface area contributed by atoms with Crippen LogP contribution in [-0.2, 0) is 19.7 Å². The van der Waals surface area contributed by atoms with Crippen LogP contribution in [0.2, 0.25) is 5.02 Å². The number of amides is 1. The number of nitro groups is 1. The Labute approximate surface area is 274 Å². The Hall–Kier alpha value is -4.34. The maximum absolute atomic E-state index is 13.7. The van der Waals surface area contributed by atoms with Crippen LogP contribution in [0.5, 0.6) is 0 Å². The Kier molecular flexibility index (Phi) is 10.3. The Bertz CT molecular complexity index is 1630. The molecule has 240 valence electrons. The fourth-order valence-corrected chi connectivity index (χ4v) is 7.08. The number of likely N-dealkylation sites (tertiary alicyclic amines) is 1. The quantitative estimate of drug-likeness (QED) is 0.118. The number of ether oxygens (including phenoxy) is 1. The van der Waals surface area contributed by atoms with Crippen molar-refractivity contribution in [3.05, 3.63) is 122 Å². The zero-order valence-electron chi connectivity index (χ0n) is 26.4. The van der Waals surface area contributed by atoms with Crippen molar-refractivity contribution in [1.29, 1.82) is 0 Å². The van der Waals surface area contributed by atoms with Gasteiger partial charge in [-0.3, -0.25) is 24.7 Å². The molecule has 2 unspecified atom stereocenters. The number of non-ortho nitro benzene ring substituents is 1. The van der Waals surface area contributed by atoms with Gasteiger partial charge >= 0.3 is 5.97 Å². The Morgan fingerprint density at radius 3 is 2.24 bits per heavy atom. The van der Waals surface area contributed by atoms with Crippen LogP contribution in [0, 0.1) is 16.0 Å². The summed E-state index contributed by atoms with van der Waals surface area (Å²) in [5, 5.41) is 15.0. The summed E-state index contributed by atoms with van der Waals surface area (Å²) in [4.78, 5) is 44.3. The molecular weight excluding hydrogens is 604 g/mol. The number of hydrogen-bond acceptors (Lipinski definition) is 7. The summed E-state index contributed by atoms with van der Waals surface area (Å²) in [6.45, 7) is 6.61. The molecule has 1 amide bonds. The van der Waals surface area contributed by atoms with Crippen molar-refractivity contribution in [1.82, 2.24) is 10.2 Å². The van der Waals surface area contributed by atoms with Gasteiger partial charge in [0.15, 0.2) is 0 Å². The van der Waals surface area contributed by atoms with E-state index in [0.29, 0.717) is 29.1 Å². The van der Waals surface area contributed by atoms with E-state index < -0.39 is 22.7 Å². The number of aliphatic imine (C=N–C) groups is 1. The Morgan fingerprint density at radius 2 is 1.63 bits per heavy atom.